The van der Waals surface area contributed by atoms with E-state index in [0.29, 0.717) is 12.3 Å². The summed E-state index contributed by atoms with van der Waals surface area (Å²) in [5.74, 6) is -0.345. The standard InChI is InChI=1S/C15H13N3O3/c1-21-14-7-6-10(15(19)20)8-11(14)9-18-13-5-3-2-4-12(13)16-17-18/h2-8H,9H2,1H3,(H,19,20). The zero-order valence-electron chi connectivity index (χ0n) is 11.4. The van der Waals surface area contributed by atoms with Crippen molar-refractivity contribution in [1.82, 2.24) is 15.0 Å². The van der Waals surface area contributed by atoms with Crippen LogP contribution >= 0.6 is 0 Å². The smallest absolute Gasteiger partial charge is 0.335 e. The molecular weight excluding hydrogens is 270 g/mol. The van der Waals surface area contributed by atoms with Gasteiger partial charge in [0.2, 0.25) is 0 Å². The third-order valence-electron chi connectivity index (χ3n) is 3.27. The van der Waals surface area contributed by atoms with Gasteiger partial charge < -0.3 is 9.84 Å². The molecule has 0 bridgehead atoms. The van der Waals surface area contributed by atoms with Gasteiger partial charge in [0.1, 0.15) is 11.3 Å². The fourth-order valence-electron chi connectivity index (χ4n) is 2.23. The Hall–Kier alpha value is -2.89. The average molecular weight is 283 g/mol. The minimum absolute atomic E-state index is 0.218. The lowest BCUT2D eigenvalue weighted by Crippen LogP contribution is -2.06. The van der Waals surface area contributed by atoms with E-state index in [1.54, 1.807) is 23.9 Å². The molecule has 0 unspecified atom stereocenters. The SMILES string of the molecule is COc1ccc(C(=O)O)cc1Cn1nnc2ccccc21. The highest BCUT2D eigenvalue weighted by molar-refractivity contribution is 5.88. The van der Waals surface area contributed by atoms with Crippen molar-refractivity contribution in [3.05, 3.63) is 53.6 Å². The van der Waals surface area contributed by atoms with Gasteiger partial charge in [-0.1, -0.05) is 17.3 Å². The lowest BCUT2D eigenvalue weighted by molar-refractivity contribution is 0.0696. The van der Waals surface area contributed by atoms with Crippen molar-refractivity contribution >= 4 is 17.0 Å². The minimum atomic E-state index is -0.970. The van der Waals surface area contributed by atoms with Crippen LogP contribution in [0.2, 0.25) is 0 Å². The van der Waals surface area contributed by atoms with Gasteiger partial charge in [-0.25, -0.2) is 9.48 Å². The van der Waals surface area contributed by atoms with E-state index < -0.39 is 5.97 Å². The molecule has 0 aliphatic rings. The lowest BCUT2D eigenvalue weighted by Gasteiger charge is -2.09. The highest BCUT2D eigenvalue weighted by Gasteiger charge is 2.11. The molecule has 0 aliphatic heterocycles. The molecule has 0 radical (unpaired) electrons. The maximum atomic E-state index is 11.1. The molecule has 1 heterocycles. The van der Waals surface area contributed by atoms with Crippen molar-refractivity contribution in [3.8, 4) is 5.75 Å². The number of ether oxygens (including phenoxy) is 1. The highest BCUT2D eigenvalue weighted by atomic mass is 16.5. The first kappa shape index (κ1) is 13.1. The number of benzene rings is 2. The van der Waals surface area contributed by atoms with E-state index in [-0.39, 0.29) is 5.56 Å². The summed E-state index contributed by atoms with van der Waals surface area (Å²) >= 11 is 0. The van der Waals surface area contributed by atoms with Gasteiger partial charge in [0.25, 0.3) is 0 Å². The number of carboxylic acid groups (broad SMARTS) is 1. The summed E-state index contributed by atoms with van der Waals surface area (Å²) in [6.07, 6.45) is 0. The molecule has 3 rings (SSSR count). The molecule has 6 heteroatoms. The van der Waals surface area contributed by atoms with Crippen LogP contribution in [0, 0.1) is 0 Å². The first-order valence-electron chi connectivity index (χ1n) is 6.37. The fraction of sp³-hybridized carbons (Fsp3) is 0.133. The predicted molar refractivity (Wildman–Crippen MR) is 76.6 cm³/mol. The topological polar surface area (TPSA) is 77.2 Å². The Morgan fingerprint density at radius 1 is 1.29 bits per heavy atom. The summed E-state index contributed by atoms with van der Waals surface area (Å²) in [7, 11) is 1.55. The number of carbonyl (C=O) groups is 1. The van der Waals surface area contributed by atoms with Gasteiger partial charge >= 0.3 is 5.97 Å². The predicted octanol–water partition coefficient (Wildman–Crippen LogP) is 2.19. The van der Waals surface area contributed by atoms with Crippen molar-refractivity contribution in [2.45, 2.75) is 6.54 Å². The van der Waals surface area contributed by atoms with E-state index in [0.717, 1.165) is 16.6 Å². The maximum Gasteiger partial charge on any atom is 0.335 e. The number of aromatic nitrogens is 3. The number of aromatic carboxylic acids is 1. The van der Waals surface area contributed by atoms with E-state index in [4.69, 9.17) is 9.84 Å². The third-order valence-corrected chi connectivity index (χ3v) is 3.27. The Bertz CT molecular complexity index is 811. The second-order valence-corrected chi connectivity index (χ2v) is 4.57. The van der Waals surface area contributed by atoms with Crippen LogP contribution in [0.25, 0.3) is 11.0 Å². The number of hydrogen-bond acceptors (Lipinski definition) is 4. The van der Waals surface area contributed by atoms with Gasteiger partial charge in [-0.05, 0) is 30.3 Å². The van der Waals surface area contributed by atoms with E-state index in [1.807, 2.05) is 24.3 Å². The first-order valence-corrected chi connectivity index (χ1v) is 6.37. The molecule has 0 atom stereocenters. The van der Waals surface area contributed by atoms with Crippen LogP contribution in [0.4, 0.5) is 0 Å². The van der Waals surface area contributed by atoms with Crippen LogP contribution in [0.5, 0.6) is 5.75 Å². The van der Waals surface area contributed by atoms with Crippen molar-refractivity contribution in [3.63, 3.8) is 0 Å². The number of rotatable bonds is 4. The Morgan fingerprint density at radius 3 is 2.86 bits per heavy atom. The van der Waals surface area contributed by atoms with Crippen molar-refractivity contribution in [2.24, 2.45) is 0 Å². The summed E-state index contributed by atoms with van der Waals surface area (Å²) in [5.41, 5.74) is 2.65. The van der Waals surface area contributed by atoms with E-state index in [1.165, 1.54) is 6.07 Å². The molecule has 6 nitrogen and oxygen atoms in total. The molecule has 0 saturated heterocycles. The van der Waals surface area contributed by atoms with Gasteiger partial charge in [-0.3, -0.25) is 0 Å². The van der Waals surface area contributed by atoms with Crippen LogP contribution < -0.4 is 4.74 Å². The number of methoxy groups -OCH3 is 1. The molecule has 21 heavy (non-hydrogen) atoms. The van der Waals surface area contributed by atoms with Crippen molar-refractivity contribution in [2.75, 3.05) is 7.11 Å². The Labute approximate surface area is 120 Å². The quantitative estimate of drug-likeness (QED) is 0.794. The normalized spacial score (nSPS) is 10.7. The van der Waals surface area contributed by atoms with Crippen LogP contribution in [0.1, 0.15) is 15.9 Å². The summed E-state index contributed by atoms with van der Waals surface area (Å²) in [5, 5.41) is 17.3. The van der Waals surface area contributed by atoms with Crippen LogP contribution in [-0.4, -0.2) is 33.2 Å². The minimum Gasteiger partial charge on any atom is -0.496 e. The van der Waals surface area contributed by atoms with Gasteiger partial charge in [0.15, 0.2) is 0 Å². The van der Waals surface area contributed by atoms with Crippen molar-refractivity contribution < 1.29 is 14.6 Å². The van der Waals surface area contributed by atoms with Crippen LogP contribution in [0.15, 0.2) is 42.5 Å². The second kappa shape index (κ2) is 5.24. The Kier molecular flexibility index (Phi) is 3.27. The van der Waals surface area contributed by atoms with E-state index in [2.05, 4.69) is 10.3 Å². The zero-order chi connectivity index (χ0) is 14.8. The van der Waals surface area contributed by atoms with E-state index in [9.17, 15) is 4.79 Å². The number of hydrogen-bond donors (Lipinski definition) is 1. The number of fused-ring (bicyclic) bond motifs is 1. The Balaban J connectivity index is 2.04. The monoisotopic (exact) mass is 283 g/mol. The summed E-state index contributed by atoms with van der Waals surface area (Å²) in [6, 6.07) is 12.4. The zero-order valence-corrected chi connectivity index (χ0v) is 11.4. The number of carboxylic acids is 1. The first-order chi connectivity index (χ1) is 10.2. The molecular formula is C15H13N3O3. The van der Waals surface area contributed by atoms with Gasteiger partial charge in [0, 0.05) is 5.56 Å². The third kappa shape index (κ3) is 2.43. The maximum absolute atomic E-state index is 11.1. The molecule has 1 aromatic heterocycles. The lowest BCUT2D eigenvalue weighted by atomic mass is 10.1. The van der Waals surface area contributed by atoms with Gasteiger partial charge in [-0.15, -0.1) is 5.10 Å². The fourth-order valence-corrected chi connectivity index (χ4v) is 2.23. The largest absolute Gasteiger partial charge is 0.496 e. The number of para-hydroxylation sites is 1. The molecule has 0 fully saturated rings. The Morgan fingerprint density at radius 2 is 2.10 bits per heavy atom. The summed E-state index contributed by atoms with van der Waals surface area (Å²) in [4.78, 5) is 11.1. The van der Waals surface area contributed by atoms with Crippen LogP contribution in [0.3, 0.4) is 0 Å². The average Bonchev–Trinajstić information content (AvgIpc) is 2.90. The van der Waals surface area contributed by atoms with Gasteiger partial charge in [-0.2, -0.15) is 0 Å². The highest BCUT2D eigenvalue weighted by Crippen LogP contribution is 2.22. The summed E-state index contributed by atoms with van der Waals surface area (Å²) < 4.78 is 7.01. The van der Waals surface area contributed by atoms with Crippen molar-refractivity contribution in [1.29, 1.82) is 0 Å². The molecule has 3 aromatic rings. The molecule has 0 aliphatic carbocycles. The summed E-state index contributed by atoms with van der Waals surface area (Å²) in [6.45, 7) is 0.394. The number of nitrogens with zero attached hydrogens (tertiary/aromatic N) is 3. The molecule has 0 spiro atoms. The molecule has 2 aromatic carbocycles. The molecule has 1 N–H and O–H groups in total. The molecule has 106 valence electrons. The second-order valence-electron chi connectivity index (χ2n) is 4.57. The molecule has 0 saturated carbocycles. The van der Waals surface area contributed by atoms with Crippen LogP contribution in [-0.2, 0) is 6.54 Å². The van der Waals surface area contributed by atoms with E-state index >= 15 is 0 Å². The molecule has 0 amide bonds. The van der Waals surface area contributed by atoms with Gasteiger partial charge in [0.05, 0.1) is 24.7 Å².